The molecule has 1 aromatic carbocycles. The van der Waals surface area contributed by atoms with E-state index in [0.29, 0.717) is 11.9 Å². The van der Waals surface area contributed by atoms with Gasteiger partial charge in [-0.3, -0.25) is 9.36 Å². The Morgan fingerprint density at radius 1 is 1.20 bits per heavy atom. The summed E-state index contributed by atoms with van der Waals surface area (Å²) in [5, 5.41) is 9.28. The molecule has 2 heterocycles. The zero-order valence-electron chi connectivity index (χ0n) is 13.3. The molecule has 3 aromatic rings. The van der Waals surface area contributed by atoms with Gasteiger partial charge < -0.3 is 10.0 Å². The summed E-state index contributed by atoms with van der Waals surface area (Å²) in [5.74, 6) is -2.63. The maximum atomic E-state index is 14.2. The average molecular weight is 345 g/mol. The molecule has 0 aliphatic carbocycles. The summed E-state index contributed by atoms with van der Waals surface area (Å²) in [6.45, 7) is 0. The van der Waals surface area contributed by atoms with Gasteiger partial charge in [-0.25, -0.2) is 18.6 Å². The molecule has 128 valence electrons. The van der Waals surface area contributed by atoms with E-state index in [-0.39, 0.29) is 16.7 Å². The Bertz CT molecular complexity index is 1060. The molecular weight excluding hydrogens is 332 g/mol. The SMILES string of the molecule is CN(C)c1ccc2c(=O)c(C(=O)O)cn(-c3ccc(F)cc3F)c2n1. The van der Waals surface area contributed by atoms with Crippen molar-refractivity contribution in [2.45, 2.75) is 0 Å². The van der Waals surface area contributed by atoms with Gasteiger partial charge in [0.1, 0.15) is 23.0 Å². The third-order valence-electron chi connectivity index (χ3n) is 3.69. The van der Waals surface area contributed by atoms with E-state index >= 15 is 0 Å². The summed E-state index contributed by atoms with van der Waals surface area (Å²) in [7, 11) is 3.47. The molecule has 25 heavy (non-hydrogen) atoms. The number of halogens is 2. The maximum Gasteiger partial charge on any atom is 0.341 e. The molecule has 0 bridgehead atoms. The molecule has 0 aliphatic rings. The van der Waals surface area contributed by atoms with Crippen molar-refractivity contribution < 1.29 is 18.7 Å². The summed E-state index contributed by atoms with van der Waals surface area (Å²) < 4.78 is 28.6. The molecule has 3 rings (SSSR count). The fourth-order valence-electron chi connectivity index (χ4n) is 2.45. The van der Waals surface area contributed by atoms with Crippen LogP contribution in [0.3, 0.4) is 0 Å². The number of nitrogens with zero attached hydrogens (tertiary/aromatic N) is 3. The number of fused-ring (bicyclic) bond motifs is 1. The quantitative estimate of drug-likeness (QED) is 0.789. The minimum absolute atomic E-state index is 0.0224. The summed E-state index contributed by atoms with van der Waals surface area (Å²) in [6, 6.07) is 5.86. The normalized spacial score (nSPS) is 10.9. The van der Waals surface area contributed by atoms with E-state index in [1.165, 1.54) is 6.07 Å². The van der Waals surface area contributed by atoms with Crippen molar-refractivity contribution in [3.05, 3.63) is 63.9 Å². The van der Waals surface area contributed by atoms with Crippen LogP contribution < -0.4 is 10.3 Å². The van der Waals surface area contributed by atoms with E-state index in [0.717, 1.165) is 22.9 Å². The standard InChI is InChI=1S/C17H13F2N3O3/c1-21(2)14-6-4-10-15(23)11(17(24)25)8-22(16(10)20-14)13-5-3-9(18)7-12(13)19/h3-8H,1-2H3,(H,24,25). The molecule has 8 heteroatoms. The Balaban J connectivity index is 2.46. The lowest BCUT2D eigenvalue weighted by atomic mass is 10.1. The monoisotopic (exact) mass is 345 g/mol. The van der Waals surface area contributed by atoms with E-state index < -0.39 is 28.6 Å². The van der Waals surface area contributed by atoms with Gasteiger partial charge in [0.2, 0.25) is 5.43 Å². The number of carboxylic acid groups (broad SMARTS) is 1. The molecule has 6 nitrogen and oxygen atoms in total. The number of carboxylic acids is 1. The highest BCUT2D eigenvalue weighted by Crippen LogP contribution is 2.22. The number of aromatic nitrogens is 2. The van der Waals surface area contributed by atoms with Crippen LogP contribution in [-0.4, -0.2) is 34.7 Å². The van der Waals surface area contributed by atoms with Crippen molar-refractivity contribution in [2.75, 3.05) is 19.0 Å². The number of rotatable bonds is 3. The predicted molar refractivity (Wildman–Crippen MR) is 88.5 cm³/mol. The zero-order valence-corrected chi connectivity index (χ0v) is 13.3. The summed E-state index contributed by atoms with van der Waals surface area (Å²) in [5.41, 5.74) is -1.29. The third-order valence-corrected chi connectivity index (χ3v) is 3.69. The van der Waals surface area contributed by atoms with Crippen molar-refractivity contribution in [3.8, 4) is 5.69 Å². The lowest BCUT2D eigenvalue weighted by Crippen LogP contribution is -2.20. The first kappa shape index (κ1) is 16.6. The van der Waals surface area contributed by atoms with E-state index in [9.17, 15) is 23.5 Å². The van der Waals surface area contributed by atoms with Crippen molar-refractivity contribution >= 4 is 22.8 Å². The summed E-state index contributed by atoms with van der Waals surface area (Å²) in [4.78, 5) is 29.7. The summed E-state index contributed by atoms with van der Waals surface area (Å²) in [6.07, 6.45) is 0.996. The Hall–Kier alpha value is -3.29. The lowest BCUT2D eigenvalue weighted by Gasteiger charge is -2.16. The Morgan fingerprint density at radius 2 is 1.92 bits per heavy atom. The van der Waals surface area contributed by atoms with E-state index in [2.05, 4.69) is 4.98 Å². The van der Waals surface area contributed by atoms with E-state index in [1.807, 2.05) is 0 Å². The van der Waals surface area contributed by atoms with Gasteiger partial charge in [-0.05, 0) is 24.3 Å². The van der Waals surface area contributed by atoms with Gasteiger partial charge >= 0.3 is 5.97 Å². The van der Waals surface area contributed by atoms with Crippen LogP contribution in [-0.2, 0) is 0 Å². The van der Waals surface area contributed by atoms with Gasteiger partial charge in [0.25, 0.3) is 0 Å². The first-order valence-electron chi connectivity index (χ1n) is 7.22. The highest BCUT2D eigenvalue weighted by molar-refractivity contribution is 5.92. The van der Waals surface area contributed by atoms with Crippen LogP contribution in [0.4, 0.5) is 14.6 Å². The molecule has 0 spiro atoms. The zero-order chi connectivity index (χ0) is 18.3. The molecular formula is C17H13F2N3O3. The molecule has 0 saturated carbocycles. The van der Waals surface area contributed by atoms with Gasteiger partial charge in [-0.15, -0.1) is 0 Å². The van der Waals surface area contributed by atoms with Crippen LogP contribution in [0.2, 0.25) is 0 Å². The highest BCUT2D eigenvalue weighted by atomic mass is 19.1. The third kappa shape index (κ3) is 2.82. The van der Waals surface area contributed by atoms with Crippen LogP contribution in [0.15, 0.2) is 41.3 Å². The predicted octanol–water partition coefficient (Wildman–Crippen LogP) is 2.43. The maximum absolute atomic E-state index is 14.2. The number of benzene rings is 1. The smallest absolute Gasteiger partial charge is 0.341 e. The largest absolute Gasteiger partial charge is 0.477 e. The Labute approximate surface area is 140 Å². The summed E-state index contributed by atoms with van der Waals surface area (Å²) >= 11 is 0. The number of pyridine rings is 2. The van der Waals surface area contributed by atoms with Crippen molar-refractivity contribution in [3.63, 3.8) is 0 Å². The first-order valence-corrected chi connectivity index (χ1v) is 7.22. The van der Waals surface area contributed by atoms with Gasteiger partial charge in [0.05, 0.1) is 11.1 Å². The highest BCUT2D eigenvalue weighted by Gasteiger charge is 2.18. The molecule has 0 unspecified atom stereocenters. The molecule has 1 N–H and O–H groups in total. The lowest BCUT2D eigenvalue weighted by molar-refractivity contribution is 0.0695. The fraction of sp³-hybridized carbons (Fsp3) is 0.118. The number of aromatic carboxylic acids is 1. The van der Waals surface area contributed by atoms with Gasteiger partial charge in [0.15, 0.2) is 5.65 Å². The van der Waals surface area contributed by atoms with E-state index in [1.54, 1.807) is 25.1 Å². The molecule has 0 aliphatic heterocycles. The van der Waals surface area contributed by atoms with Crippen LogP contribution in [0.25, 0.3) is 16.7 Å². The van der Waals surface area contributed by atoms with Gasteiger partial charge in [-0.2, -0.15) is 0 Å². The van der Waals surface area contributed by atoms with Crippen molar-refractivity contribution in [2.24, 2.45) is 0 Å². The van der Waals surface area contributed by atoms with Crippen LogP contribution in [0.1, 0.15) is 10.4 Å². The second-order valence-corrected chi connectivity index (χ2v) is 5.58. The average Bonchev–Trinajstić information content (AvgIpc) is 2.55. The van der Waals surface area contributed by atoms with Crippen molar-refractivity contribution in [1.82, 2.24) is 9.55 Å². The topological polar surface area (TPSA) is 75.4 Å². The molecule has 0 amide bonds. The molecule has 0 fully saturated rings. The van der Waals surface area contributed by atoms with E-state index in [4.69, 9.17) is 0 Å². The number of hydrogen-bond donors (Lipinski definition) is 1. The molecule has 0 atom stereocenters. The van der Waals surface area contributed by atoms with Crippen LogP contribution >= 0.6 is 0 Å². The minimum Gasteiger partial charge on any atom is -0.477 e. The Kier molecular flexibility index (Phi) is 3.96. The first-order chi connectivity index (χ1) is 11.8. The number of hydrogen-bond acceptors (Lipinski definition) is 4. The molecule has 0 saturated heterocycles. The number of carbonyl (C=O) groups is 1. The number of anilines is 1. The minimum atomic E-state index is -1.44. The Morgan fingerprint density at radius 3 is 2.52 bits per heavy atom. The van der Waals surface area contributed by atoms with Gasteiger partial charge in [-0.1, -0.05) is 0 Å². The van der Waals surface area contributed by atoms with Crippen molar-refractivity contribution in [1.29, 1.82) is 0 Å². The molecule has 0 radical (unpaired) electrons. The van der Waals surface area contributed by atoms with Gasteiger partial charge in [0, 0.05) is 26.4 Å². The van der Waals surface area contributed by atoms with Crippen LogP contribution in [0.5, 0.6) is 0 Å². The fourth-order valence-corrected chi connectivity index (χ4v) is 2.45. The second kappa shape index (κ2) is 5.97. The van der Waals surface area contributed by atoms with Crippen LogP contribution in [0, 0.1) is 11.6 Å². The molecule has 2 aromatic heterocycles. The second-order valence-electron chi connectivity index (χ2n) is 5.58.